The molecule has 1 unspecified atom stereocenters. The molecule has 14 heavy (non-hydrogen) atoms. The van der Waals surface area contributed by atoms with Crippen molar-refractivity contribution in [2.75, 3.05) is 13.2 Å². The molecule has 2 amide bonds. The number of rotatable bonds is 4. The number of hydrogen-bond donors (Lipinski definition) is 4. The first kappa shape index (κ1) is 12.2. The number of carboxylic acids is 1. The molecular weight excluding hydrogens is 198 g/mol. The molecular formula is C6H9NO7. The fraction of sp³-hybridized carbons (Fsp3) is 0.500. The fourth-order valence-corrected chi connectivity index (χ4v) is 0.672. The highest BCUT2D eigenvalue weighted by Crippen LogP contribution is 2.01. The number of aliphatic carboxylic acids is 1. The molecule has 0 aliphatic heterocycles. The Labute approximate surface area is 78.0 Å². The van der Waals surface area contributed by atoms with Crippen molar-refractivity contribution in [1.29, 1.82) is 0 Å². The number of aliphatic hydroxyl groups is 1. The van der Waals surface area contributed by atoms with E-state index in [1.165, 1.54) is 0 Å². The van der Waals surface area contributed by atoms with Gasteiger partial charge in [-0.05, 0) is 0 Å². The molecule has 0 fully saturated rings. The van der Waals surface area contributed by atoms with Crippen LogP contribution in [0.2, 0.25) is 0 Å². The van der Waals surface area contributed by atoms with Gasteiger partial charge in [-0.25, -0.2) is 14.5 Å². The summed E-state index contributed by atoms with van der Waals surface area (Å²) in [5.74, 6) is -2.90. The Morgan fingerprint density at radius 3 is 1.71 bits per heavy atom. The molecule has 0 aromatic heterocycles. The molecule has 1 atom stereocenters. The normalized spacial score (nSPS) is 11.8. The number of carboxylic acid groups (broad SMARTS) is 3. The van der Waals surface area contributed by atoms with Gasteiger partial charge in [0, 0.05) is 0 Å². The van der Waals surface area contributed by atoms with E-state index in [0.29, 0.717) is 0 Å². The van der Waals surface area contributed by atoms with Gasteiger partial charge in [0.25, 0.3) is 0 Å². The van der Waals surface area contributed by atoms with Crippen molar-refractivity contribution in [3.8, 4) is 0 Å². The van der Waals surface area contributed by atoms with Gasteiger partial charge in [0.1, 0.15) is 0 Å². The summed E-state index contributed by atoms with van der Waals surface area (Å²) in [6.07, 6.45) is -3.56. The summed E-state index contributed by atoms with van der Waals surface area (Å²) in [5.41, 5.74) is 0. The van der Waals surface area contributed by atoms with Crippen molar-refractivity contribution in [3.63, 3.8) is 0 Å². The summed E-state index contributed by atoms with van der Waals surface area (Å²) in [6.45, 7) is -1.62. The zero-order chi connectivity index (χ0) is 11.3. The Hall–Kier alpha value is -1.83. The van der Waals surface area contributed by atoms with Crippen molar-refractivity contribution < 1.29 is 34.8 Å². The first-order chi connectivity index (χ1) is 6.40. The van der Waals surface area contributed by atoms with Crippen LogP contribution in [-0.4, -0.2) is 56.6 Å². The van der Waals surface area contributed by atoms with Crippen LogP contribution in [-0.2, 0) is 4.79 Å². The quantitative estimate of drug-likeness (QED) is 0.480. The van der Waals surface area contributed by atoms with Crippen LogP contribution in [0.4, 0.5) is 9.59 Å². The van der Waals surface area contributed by atoms with Crippen LogP contribution in [0.3, 0.4) is 0 Å². The van der Waals surface area contributed by atoms with Gasteiger partial charge >= 0.3 is 18.2 Å². The minimum Gasteiger partial charge on any atom is -0.481 e. The van der Waals surface area contributed by atoms with Crippen molar-refractivity contribution in [3.05, 3.63) is 0 Å². The lowest BCUT2D eigenvalue weighted by Crippen LogP contribution is -2.41. The van der Waals surface area contributed by atoms with Gasteiger partial charge in [-0.2, -0.15) is 0 Å². The molecule has 0 spiro atoms. The molecule has 0 saturated heterocycles. The van der Waals surface area contributed by atoms with E-state index in [2.05, 4.69) is 0 Å². The van der Waals surface area contributed by atoms with Gasteiger partial charge in [-0.1, -0.05) is 0 Å². The average Bonchev–Trinajstić information content (AvgIpc) is 2.03. The van der Waals surface area contributed by atoms with E-state index >= 15 is 0 Å². The standard InChI is InChI=1S/C6H9NO7/c8-2-3(4(9)10)1-7(5(11)12)6(13)14/h3,8H,1-2H2,(H,9,10)(H,11,12)(H,13,14). The minimum absolute atomic E-state index is 0.102. The van der Waals surface area contributed by atoms with Crippen LogP contribution >= 0.6 is 0 Å². The SMILES string of the molecule is O=C(O)C(CO)CN(C(=O)O)C(=O)O. The Morgan fingerprint density at radius 1 is 1.07 bits per heavy atom. The molecule has 0 aromatic carbocycles. The van der Waals surface area contributed by atoms with E-state index in [0.717, 1.165) is 0 Å². The Bertz CT molecular complexity index is 237. The second kappa shape index (κ2) is 5.02. The number of nitrogens with zero attached hydrogens (tertiary/aromatic N) is 1. The lowest BCUT2D eigenvalue weighted by atomic mass is 10.1. The lowest BCUT2D eigenvalue weighted by molar-refractivity contribution is -0.143. The van der Waals surface area contributed by atoms with Crippen LogP contribution < -0.4 is 0 Å². The highest BCUT2D eigenvalue weighted by Gasteiger charge is 2.27. The fourth-order valence-electron chi connectivity index (χ4n) is 0.672. The predicted molar refractivity (Wildman–Crippen MR) is 41.0 cm³/mol. The topological polar surface area (TPSA) is 135 Å². The zero-order valence-electron chi connectivity index (χ0n) is 6.95. The monoisotopic (exact) mass is 207 g/mol. The highest BCUT2D eigenvalue weighted by atomic mass is 16.4. The average molecular weight is 207 g/mol. The molecule has 0 saturated carbocycles. The maximum Gasteiger partial charge on any atom is 0.416 e. The van der Waals surface area contributed by atoms with Gasteiger partial charge in [0.2, 0.25) is 0 Å². The Morgan fingerprint density at radius 2 is 1.50 bits per heavy atom. The van der Waals surface area contributed by atoms with Gasteiger partial charge in [-0.15, -0.1) is 0 Å². The molecule has 0 aliphatic carbocycles. The molecule has 8 nitrogen and oxygen atoms in total. The summed E-state index contributed by atoms with van der Waals surface area (Å²) >= 11 is 0. The molecule has 0 rings (SSSR count). The molecule has 80 valence electrons. The van der Waals surface area contributed by atoms with Crippen molar-refractivity contribution >= 4 is 18.2 Å². The molecule has 0 heterocycles. The predicted octanol–water partition coefficient (Wildman–Crippen LogP) is -0.663. The van der Waals surface area contributed by atoms with Gasteiger partial charge in [-0.3, -0.25) is 4.79 Å². The molecule has 4 N–H and O–H groups in total. The number of aliphatic hydroxyl groups excluding tert-OH is 1. The van der Waals surface area contributed by atoms with E-state index in [4.69, 9.17) is 20.4 Å². The summed E-state index contributed by atoms with van der Waals surface area (Å²) in [6, 6.07) is 0. The number of hydrogen-bond acceptors (Lipinski definition) is 4. The second-order valence-electron chi connectivity index (χ2n) is 2.39. The van der Waals surface area contributed by atoms with E-state index < -0.39 is 37.2 Å². The summed E-state index contributed by atoms with van der Waals surface area (Å²) in [5, 5.41) is 33.6. The highest BCUT2D eigenvalue weighted by molar-refractivity contribution is 5.86. The molecule has 0 radical (unpaired) electrons. The number of carbonyl (C=O) groups is 3. The van der Waals surface area contributed by atoms with Gasteiger partial charge < -0.3 is 20.4 Å². The lowest BCUT2D eigenvalue weighted by Gasteiger charge is -2.16. The van der Waals surface area contributed by atoms with E-state index in [9.17, 15) is 14.4 Å². The van der Waals surface area contributed by atoms with Crippen LogP contribution in [0.1, 0.15) is 0 Å². The van der Waals surface area contributed by atoms with Gasteiger partial charge in [0.05, 0.1) is 19.1 Å². The van der Waals surface area contributed by atoms with Crippen LogP contribution in [0, 0.1) is 5.92 Å². The van der Waals surface area contributed by atoms with Crippen molar-refractivity contribution in [2.45, 2.75) is 0 Å². The third-order valence-electron chi connectivity index (χ3n) is 1.43. The van der Waals surface area contributed by atoms with Crippen LogP contribution in [0.25, 0.3) is 0 Å². The third kappa shape index (κ3) is 3.27. The third-order valence-corrected chi connectivity index (χ3v) is 1.43. The van der Waals surface area contributed by atoms with Crippen LogP contribution in [0.15, 0.2) is 0 Å². The first-order valence-electron chi connectivity index (χ1n) is 3.47. The maximum atomic E-state index is 10.3. The Kier molecular flexibility index (Phi) is 4.36. The summed E-state index contributed by atoms with van der Waals surface area (Å²) in [7, 11) is 0. The number of amides is 2. The van der Waals surface area contributed by atoms with E-state index in [-0.39, 0.29) is 4.90 Å². The smallest absolute Gasteiger partial charge is 0.416 e. The van der Waals surface area contributed by atoms with Crippen molar-refractivity contribution in [1.82, 2.24) is 4.90 Å². The Balaban J connectivity index is 4.49. The van der Waals surface area contributed by atoms with E-state index in [1.807, 2.05) is 0 Å². The molecule has 8 heteroatoms. The minimum atomic E-state index is -1.78. The van der Waals surface area contributed by atoms with Crippen molar-refractivity contribution in [2.24, 2.45) is 5.92 Å². The molecule has 0 bridgehead atoms. The summed E-state index contributed by atoms with van der Waals surface area (Å²) < 4.78 is 0. The molecule has 0 aromatic rings. The molecule has 0 aliphatic rings. The largest absolute Gasteiger partial charge is 0.481 e. The van der Waals surface area contributed by atoms with Crippen LogP contribution in [0.5, 0.6) is 0 Å². The van der Waals surface area contributed by atoms with E-state index in [1.54, 1.807) is 0 Å². The van der Waals surface area contributed by atoms with Gasteiger partial charge in [0.15, 0.2) is 0 Å². The second-order valence-corrected chi connectivity index (χ2v) is 2.39. The first-order valence-corrected chi connectivity index (χ1v) is 3.47. The zero-order valence-corrected chi connectivity index (χ0v) is 6.95. The number of imide groups is 1. The summed E-state index contributed by atoms with van der Waals surface area (Å²) in [4.78, 5) is 30.8. The maximum absolute atomic E-state index is 10.3.